The summed E-state index contributed by atoms with van der Waals surface area (Å²) < 4.78 is 4.92. The number of carbonyl (C=O) groups excluding carboxylic acids is 2. The van der Waals surface area contributed by atoms with Crippen LogP contribution in [0.25, 0.3) is 0 Å². The van der Waals surface area contributed by atoms with Gasteiger partial charge in [0.15, 0.2) is 0 Å². The van der Waals surface area contributed by atoms with Gasteiger partial charge in [-0.15, -0.1) is 0 Å². The fraction of sp³-hybridized carbons (Fsp3) is 0.333. The maximum atomic E-state index is 11.3. The number of amides is 3. The summed E-state index contributed by atoms with van der Waals surface area (Å²) in [5, 5.41) is 0.666. The normalized spacial score (nSPS) is 11.2. The van der Waals surface area contributed by atoms with Crippen molar-refractivity contribution in [3.63, 3.8) is 0 Å². The zero-order chi connectivity index (χ0) is 14.4. The summed E-state index contributed by atoms with van der Waals surface area (Å²) >= 11 is 5.78. The molecule has 8 heteroatoms. The van der Waals surface area contributed by atoms with Crippen molar-refractivity contribution in [3.8, 4) is 0 Å². The molecule has 0 unspecified atom stereocenters. The first-order valence-corrected chi connectivity index (χ1v) is 6.05. The molecule has 0 aliphatic rings. The largest absolute Gasteiger partial charge is 1.00 e. The molecular formula is C12H17Cl2N3O3. The van der Waals surface area contributed by atoms with Gasteiger partial charge in [0.05, 0.1) is 0 Å². The standard InChI is InChI=1S/C12H16ClN3O3.ClH/c1-16(11(15)17)12(18)19-7-10(14)6-8-2-4-9(13)5-3-8;/h2-5,10H,6-7,14H2,1H3,(H2,15,17);1H/t10-;/m1./s1. The zero-order valence-corrected chi connectivity index (χ0v) is 12.5. The number of ether oxygens (including phenoxy) is 1. The summed E-state index contributed by atoms with van der Waals surface area (Å²) in [4.78, 5) is 22.8. The summed E-state index contributed by atoms with van der Waals surface area (Å²) in [6, 6.07) is 6.37. The van der Waals surface area contributed by atoms with Crippen molar-refractivity contribution in [2.45, 2.75) is 12.5 Å². The van der Waals surface area contributed by atoms with Crippen molar-refractivity contribution in [2.75, 3.05) is 13.7 Å². The van der Waals surface area contributed by atoms with Gasteiger partial charge < -0.3 is 28.6 Å². The Balaban J connectivity index is 0.00000361. The minimum Gasteiger partial charge on any atom is -1.00 e. The van der Waals surface area contributed by atoms with Crippen LogP contribution < -0.4 is 23.9 Å². The van der Waals surface area contributed by atoms with E-state index in [1.807, 2.05) is 12.1 Å². The minimum absolute atomic E-state index is 0. The lowest BCUT2D eigenvalue weighted by Gasteiger charge is -2.14. The van der Waals surface area contributed by atoms with E-state index >= 15 is 0 Å². The predicted molar refractivity (Wildman–Crippen MR) is 70.5 cm³/mol. The number of nitrogens with zero attached hydrogens (tertiary/aromatic N) is 1. The molecule has 0 heterocycles. The number of quaternary nitrogens is 1. The van der Waals surface area contributed by atoms with Gasteiger partial charge in [0.2, 0.25) is 0 Å². The highest BCUT2D eigenvalue weighted by atomic mass is 35.5. The number of imide groups is 1. The Morgan fingerprint density at radius 1 is 1.40 bits per heavy atom. The number of rotatable bonds is 4. The van der Waals surface area contributed by atoms with E-state index in [0.717, 1.165) is 5.56 Å². The average Bonchev–Trinajstić information content (AvgIpc) is 2.37. The fourth-order valence-corrected chi connectivity index (χ4v) is 1.51. The number of halogens is 2. The molecule has 0 radical (unpaired) electrons. The molecule has 0 spiro atoms. The van der Waals surface area contributed by atoms with Gasteiger partial charge in [-0.2, -0.15) is 0 Å². The zero-order valence-electron chi connectivity index (χ0n) is 11.0. The summed E-state index contributed by atoms with van der Waals surface area (Å²) in [6.07, 6.45) is -0.137. The van der Waals surface area contributed by atoms with Gasteiger partial charge in [-0.1, -0.05) is 23.7 Å². The molecule has 1 rings (SSSR count). The molecule has 6 nitrogen and oxygen atoms in total. The second kappa shape index (κ2) is 8.63. The molecule has 0 saturated heterocycles. The van der Waals surface area contributed by atoms with Crippen LogP contribution in [0.1, 0.15) is 5.56 Å². The Hall–Kier alpha value is -1.50. The number of hydrogen-bond acceptors (Lipinski definition) is 3. The third-order valence-electron chi connectivity index (χ3n) is 2.48. The smallest absolute Gasteiger partial charge is 0.417 e. The molecule has 1 aromatic rings. The van der Waals surface area contributed by atoms with Crippen LogP contribution >= 0.6 is 11.6 Å². The van der Waals surface area contributed by atoms with E-state index in [2.05, 4.69) is 5.73 Å². The van der Waals surface area contributed by atoms with E-state index < -0.39 is 12.1 Å². The molecule has 0 bridgehead atoms. The van der Waals surface area contributed by atoms with Crippen LogP contribution in [0.15, 0.2) is 24.3 Å². The third-order valence-corrected chi connectivity index (χ3v) is 2.74. The Bertz CT molecular complexity index is 454. The lowest BCUT2D eigenvalue weighted by molar-refractivity contribution is -0.424. The summed E-state index contributed by atoms with van der Waals surface area (Å²) in [5.74, 6) is 0. The predicted octanol–water partition coefficient (Wildman–Crippen LogP) is -2.36. The van der Waals surface area contributed by atoms with Gasteiger partial charge in [-0.05, 0) is 17.7 Å². The lowest BCUT2D eigenvalue weighted by Crippen LogP contribution is -3.00. The van der Waals surface area contributed by atoms with E-state index in [4.69, 9.17) is 22.1 Å². The highest BCUT2D eigenvalue weighted by Gasteiger charge is 2.17. The second-order valence-electron chi connectivity index (χ2n) is 4.17. The van der Waals surface area contributed by atoms with E-state index in [9.17, 15) is 9.59 Å². The number of benzene rings is 1. The SMILES string of the molecule is CN(C(N)=O)C(=O)OC[C@H]([NH3+])Cc1ccc(Cl)cc1.[Cl-]. The van der Waals surface area contributed by atoms with Crippen molar-refractivity contribution in [1.29, 1.82) is 0 Å². The number of nitrogens with two attached hydrogens (primary N) is 1. The molecule has 0 aliphatic carbocycles. The molecule has 0 fully saturated rings. The van der Waals surface area contributed by atoms with Crippen LogP contribution in [-0.4, -0.2) is 36.7 Å². The van der Waals surface area contributed by atoms with Crippen LogP contribution in [0.3, 0.4) is 0 Å². The molecule has 0 aromatic heterocycles. The maximum Gasteiger partial charge on any atom is 0.417 e. The van der Waals surface area contributed by atoms with Crippen LogP contribution in [0.4, 0.5) is 9.59 Å². The molecule has 3 amide bonds. The van der Waals surface area contributed by atoms with E-state index in [1.165, 1.54) is 7.05 Å². The number of hydrogen-bond donors (Lipinski definition) is 2. The molecule has 5 N–H and O–H groups in total. The first-order chi connectivity index (χ1) is 8.90. The van der Waals surface area contributed by atoms with Crippen LogP contribution in [0.5, 0.6) is 0 Å². The molecule has 112 valence electrons. The van der Waals surface area contributed by atoms with Crippen molar-refractivity contribution < 1.29 is 32.5 Å². The first kappa shape index (κ1) is 18.5. The second-order valence-corrected chi connectivity index (χ2v) is 4.61. The van der Waals surface area contributed by atoms with Gasteiger partial charge in [0.1, 0.15) is 12.6 Å². The summed E-state index contributed by atoms with van der Waals surface area (Å²) in [7, 11) is 1.25. The van der Waals surface area contributed by atoms with E-state index in [0.29, 0.717) is 16.3 Å². The Morgan fingerprint density at radius 3 is 2.45 bits per heavy atom. The number of primary amides is 1. The number of carbonyl (C=O) groups is 2. The van der Waals surface area contributed by atoms with Crippen molar-refractivity contribution in [1.82, 2.24) is 4.90 Å². The van der Waals surface area contributed by atoms with Crippen molar-refractivity contribution in [2.24, 2.45) is 5.73 Å². The summed E-state index contributed by atoms with van der Waals surface area (Å²) in [6.45, 7) is 0.110. The molecule has 1 aromatic carbocycles. The first-order valence-electron chi connectivity index (χ1n) is 5.67. The molecule has 1 atom stereocenters. The maximum absolute atomic E-state index is 11.3. The highest BCUT2D eigenvalue weighted by Crippen LogP contribution is 2.10. The Morgan fingerprint density at radius 2 is 1.95 bits per heavy atom. The fourth-order valence-electron chi connectivity index (χ4n) is 1.39. The highest BCUT2D eigenvalue weighted by molar-refractivity contribution is 6.30. The van der Waals surface area contributed by atoms with E-state index in [-0.39, 0.29) is 25.1 Å². The van der Waals surface area contributed by atoms with Crippen molar-refractivity contribution >= 4 is 23.7 Å². The molecule has 20 heavy (non-hydrogen) atoms. The van der Waals surface area contributed by atoms with Crippen LogP contribution in [-0.2, 0) is 11.2 Å². The lowest BCUT2D eigenvalue weighted by atomic mass is 10.1. The van der Waals surface area contributed by atoms with Crippen molar-refractivity contribution in [3.05, 3.63) is 34.9 Å². The van der Waals surface area contributed by atoms with Gasteiger partial charge in [0, 0.05) is 18.5 Å². The Labute approximate surface area is 128 Å². The molecule has 0 saturated carbocycles. The minimum atomic E-state index is -0.858. The summed E-state index contributed by atoms with van der Waals surface area (Å²) in [5.41, 5.74) is 9.87. The quantitative estimate of drug-likeness (QED) is 0.649. The van der Waals surface area contributed by atoms with Gasteiger partial charge in [0.25, 0.3) is 0 Å². The van der Waals surface area contributed by atoms with Crippen LogP contribution in [0, 0.1) is 0 Å². The Kier molecular flexibility index (Phi) is 7.98. The van der Waals surface area contributed by atoms with Gasteiger partial charge >= 0.3 is 12.1 Å². The monoisotopic (exact) mass is 321 g/mol. The van der Waals surface area contributed by atoms with Gasteiger partial charge in [-0.3, -0.25) is 0 Å². The molecular weight excluding hydrogens is 305 g/mol. The topological polar surface area (TPSA) is 100 Å². The van der Waals surface area contributed by atoms with Gasteiger partial charge in [-0.25, -0.2) is 14.5 Å². The average molecular weight is 322 g/mol. The molecule has 0 aliphatic heterocycles. The number of urea groups is 1. The third kappa shape index (κ3) is 6.10. The van der Waals surface area contributed by atoms with E-state index in [1.54, 1.807) is 12.1 Å². The van der Waals surface area contributed by atoms with Crippen LogP contribution in [0.2, 0.25) is 5.02 Å².